The van der Waals surface area contributed by atoms with Crippen molar-refractivity contribution >= 4 is 18.0 Å². The Bertz CT molecular complexity index is 974. The number of amides is 2. The van der Waals surface area contributed by atoms with Crippen molar-refractivity contribution in [2.75, 3.05) is 19.7 Å². The molecule has 0 radical (unpaired) electrons. The van der Waals surface area contributed by atoms with Crippen LogP contribution in [0, 0.1) is 5.92 Å². The maximum atomic E-state index is 12.8. The SMILES string of the molecule is CCN(CCCC(=O)O)C(=O)C[C@H](NC(=O)OCC1c2ccccc2-c2ccccc21)C(C)C. The third-order valence-electron chi connectivity index (χ3n) is 6.40. The van der Waals surface area contributed by atoms with E-state index in [2.05, 4.69) is 29.6 Å². The number of nitrogens with zero attached hydrogens (tertiary/aromatic N) is 1. The summed E-state index contributed by atoms with van der Waals surface area (Å²) in [5, 5.41) is 11.7. The summed E-state index contributed by atoms with van der Waals surface area (Å²) in [6.45, 7) is 6.85. The topological polar surface area (TPSA) is 95.9 Å². The van der Waals surface area contributed by atoms with Crippen LogP contribution in [0.25, 0.3) is 11.1 Å². The molecule has 182 valence electrons. The quantitative estimate of drug-likeness (QED) is 0.502. The largest absolute Gasteiger partial charge is 0.481 e. The fourth-order valence-corrected chi connectivity index (χ4v) is 4.44. The summed E-state index contributed by atoms with van der Waals surface area (Å²) in [5.41, 5.74) is 4.62. The van der Waals surface area contributed by atoms with Crippen LogP contribution in [0.5, 0.6) is 0 Å². The zero-order valence-corrected chi connectivity index (χ0v) is 20.1. The van der Waals surface area contributed by atoms with E-state index in [0.717, 1.165) is 11.1 Å². The van der Waals surface area contributed by atoms with Crippen LogP contribution in [0.2, 0.25) is 0 Å². The number of fused-ring (bicyclic) bond motifs is 3. The van der Waals surface area contributed by atoms with Gasteiger partial charge in [0.2, 0.25) is 5.91 Å². The van der Waals surface area contributed by atoms with Gasteiger partial charge in [-0.1, -0.05) is 62.4 Å². The number of aliphatic carboxylic acids is 1. The van der Waals surface area contributed by atoms with E-state index in [-0.39, 0.29) is 43.2 Å². The van der Waals surface area contributed by atoms with Crippen molar-refractivity contribution in [3.63, 3.8) is 0 Å². The van der Waals surface area contributed by atoms with Gasteiger partial charge >= 0.3 is 12.1 Å². The first-order valence-electron chi connectivity index (χ1n) is 11.9. The number of carboxylic acids is 1. The van der Waals surface area contributed by atoms with Crippen LogP contribution in [-0.2, 0) is 14.3 Å². The van der Waals surface area contributed by atoms with Gasteiger partial charge in [0.1, 0.15) is 6.61 Å². The normalized spacial score (nSPS) is 13.2. The van der Waals surface area contributed by atoms with Gasteiger partial charge in [0.05, 0.1) is 0 Å². The zero-order chi connectivity index (χ0) is 24.7. The summed E-state index contributed by atoms with van der Waals surface area (Å²) in [6, 6.07) is 15.9. The molecule has 0 saturated heterocycles. The summed E-state index contributed by atoms with van der Waals surface area (Å²) >= 11 is 0. The molecule has 0 aromatic heterocycles. The molecule has 2 aromatic carbocycles. The van der Waals surface area contributed by atoms with Gasteiger partial charge in [0.15, 0.2) is 0 Å². The molecule has 1 aliphatic rings. The predicted molar refractivity (Wildman–Crippen MR) is 131 cm³/mol. The number of hydrogen-bond acceptors (Lipinski definition) is 4. The van der Waals surface area contributed by atoms with E-state index in [1.807, 2.05) is 45.0 Å². The molecule has 2 aromatic rings. The number of carbonyl (C=O) groups is 3. The highest BCUT2D eigenvalue weighted by atomic mass is 16.5. The van der Waals surface area contributed by atoms with Crippen LogP contribution in [0.4, 0.5) is 4.79 Å². The standard InChI is InChI=1S/C27H34N2O5/c1-4-29(15-9-14-26(31)32)25(30)16-24(18(2)3)28-27(33)34-17-23-21-12-7-5-10-19(21)20-11-6-8-13-22(20)23/h5-8,10-13,18,23-24H,4,9,14-17H2,1-3H3,(H,28,33)(H,31,32)/t24-/m0/s1. The molecule has 0 bridgehead atoms. The van der Waals surface area contributed by atoms with E-state index in [0.29, 0.717) is 19.5 Å². The van der Waals surface area contributed by atoms with Gasteiger partial charge in [0, 0.05) is 37.9 Å². The maximum absolute atomic E-state index is 12.8. The van der Waals surface area contributed by atoms with E-state index >= 15 is 0 Å². The molecule has 34 heavy (non-hydrogen) atoms. The number of hydrogen-bond donors (Lipinski definition) is 2. The molecule has 7 nitrogen and oxygen atoms in total. The molecule has 0 heterocycles. The fourth-order valence-electron chi connectivity index (χ4n) is 4.44. The van der Waals surface area contributed by atoms with E-state index in [4.69, 9.17) is 9.84 Å². The maximum Gasteiger partial charge on any atom is 0.407 e. The van der Waals surface area contributed by atoms with Gasteiger partial charge in [0.25, 0.3) is 0 Å². The van der Waals surface area contributed by atoms with Crippen molar-refractivity contribution in [1.82, 2.24) is 10.2 Å². The summed E-state index contributed by atoms with van der Waals surface area (Å²) in [7, 11) is 0. The van der Waals surface area contributed by atoms with Gasteiger partial charge in [-0.3, -0.25) is 9.59 Å². The summed E-state index contributed by atoms with van der Waals surface area (Å²) in [4.78, 5) is 37.8. The van der Waals surface area contributed by atoms with Crippen molar-refractivity contribution in [3.8, 4) is 11.1 Å². The molecule has 0 spiro atoms. The van der Waals surface area contributed by atoms with Gasteiger partial charge in [-0.25, -0.2) is 4.79 Å². The molecule has 2 N–H and O–H groups in total. The minimum Gasteiger partial charge on any atom is -0.481 e. The second-order valence-corrected chi connectivity index (χ2v) is 9.00. The van der Waals surface area contributed by atoms with Crippen LogP contribution in [0.3, 0.4) is 0 Å². The lowest BCUT2D eigenvalue weighted by Gasteiger charge is -2.26. The first-order chi connectivity index (χ1) is 16.3. The lowest BCUT2D eigenvalue weighted by Crippen LogP contribution is -2.44. The Hall–Kier alpha value is -3.35. The number of rotatable bonds is 11. The summed E-state index contributed by atoms with van der Waals surface area (Å²) in [5.74, 6) is -0.977. The van der Waals surface area contributed by atoms with Crippen LogP contribution < -0.4 is 5.32 Å². The highest BCUT2D eigenvalue weighted by molar-refractivity contribution is 5.79. The molecular formula is C27H34N2O5. The van der Waals surface area contributed by atoms with Crippen LogP contribution in [0.15, 0.2) is 48.5 Å². The minimum absolute atomic E-state index is 0.0232. The van der Waals surface area contributed by atoms with Gasteiger partial charge in [-0.15, -0.1) is 0 Å². The lowest BCUT2D eigenvalue weighted by atomic mass is 9.98. The molecule has 0 saturated carbocycles. The van der Waals surface area contributed by atoms with Crippen LogP contribution >= 0.6 is 0 Å². The lowest BCUT2D eigenvalue weighted by molar-refractivity contribution is -0.138. The minimum atomic E-state index is -0.875. The fraction of sp³-hybridized carbons (Fsp3) is 0.444. The number of carbonyl (C=O) groups excluding carboxylic acids is 2. The Morgan fingerprint density at radius 3 is 2.15 bits per heavy atom. The van der Waals surface area contributed by atoms with E-state index in [1.54, 1.807) is 4.90 Å². The van der Waals surface area contributed by atoms with Gasteiger partial charge in [-0.05, 0) is 41.5 Å². The van der Waals surface area contributed by atoms with Crippen LogP contribution in [-0.4, -0.2) is 53.7 Å². The Labute approximate surface area is 201 Å². The molecule has 7 heteroatoms. The van der Waals surface area contributed by atoms with Crippen molar-refractivity contribution in [2.45, 2.75) is 52.0 Å². The highest BCUT2D eigenvalue weighted by Gasteiger charge is 2.30. The smallest absolute Gasteiger partial charge is 0.407 e. The number of alkyl carbamates (subject to hydrolysis) is 1. The molecule has 0 fully saturated rings. The summed E-state index contributed by atoms with van der Waals surface area (Å²) < 4.78 is 5.64. The second-order valence-electron chi connectivity index (χ2n) is 9.00. The number of carboxylic acid groups (broad SMARTS) is 1. The van der Waals surface area contributed by atoms with E-state index < -0.39 is 12.1 Å². The molecule has 2 amide bonds. The zero-order valence-electron chi connectivity index (χ0n) is 20.1. The molecule has 1 aliphatic carbocycles. The highest BCUT2D eigenvalue weighted by Crippen LogP contribution is 2.44. The number of nitrogens with one attached hydrogen (secondary N) is 1. The molecule has 0 aliphatic heterocycles. The molecular weight excluding hydrogens is 432 g/mol. The Balaban J connectivity index is 1.58. The van der Waals surface area contributed by atoms with Crippen molar-refractivity contribution in [2.24, 2.45) is 5.92 Å². The third-order valence-corrected chi connectivity index (χ3v) is 6.40. The van der Waals surface area contributed by atoms with Crippen LogP contribution in [0.1, 0.15) is 57.1 Å². The van der Waals surface area contributed by atoms with Gasteiger partial charge < -0.3 is 20.1 Å². The Morgan fingerprint density at radius 1 is 1.03 bits per heavy atom. The number of ether oxygens (including phenoxy) is 1. The van der Waals surface area contributed by atoms with Crippen molar-refractivity contribution < 1.29 is 24.2 Å². The van der Waals surface area contributed by atoms with E-state index in [9.17, 15) is 14.4 Å². The average molecular weight is 467 g/mol. The number of benzene rings is 2. The first kappa shape index (κ1) is 25.3. The Morgan fingerprint density at radius 2 is 1.62 bits per heavy atom. The predicted octanol–water partition coefficient (Wildman–Crippen LogP) is 4.65. The van der Waals surface area contributed by atoms with Crippen molar-refractivity contribution in [1.29, 1.82) is 0 Å². The van der Waals surface area contributed by atoms with E-state index in [1.165, 1.54) is 11.1 Å². The summed E-state index contributed by atoms with van der Waals surface area (Å²) in [6.07, 6.45) is 0.0291. The molecule has 3 rings (SSSR count). The molecule has 0 unspecified atom stereocenters. The molecule has 1 atom stereocenters. The van der Waals surface area contributed by atoms with Crippen molar-refractivity contribution in [3.05, 3.63) is 59.7 Å². The Kier molecular flexibility index (Phi) is 8.68. The first-order valence-corrected chi connectivity index (χ1v) is 11.9. The second kappa shape index (κ2) is 11.7. The third kappa shape index (κ3) is 6.16. The van der Waals surface area contributed by atoms with Gasteiger partial charge in [-0.2, -0.15) is 0 Å². The average Bonchev–Trinajstić information content (AvgIpc) is 3.13. The monoisotopic (exact) mass is 466 g/mol.